The minimum atomic E-state index is 0.0517. The fourth-order valence-electron chi connectivity index (χ4n) is 3.87. The van der Waals surface area contributed by atoms with Gasteiger partial charge >= 0.3 is 0 Å². The van der Waals surface area contributed by atoms with Gasteiger partial charge in [-0.25, -0.2) is 0 Å². The van der Waals surface area contributed by atoms with E-state index >= 15 is 0 Å². The normalized spacial score (nSPS) is 13.4. The number of hydrogen-bond acceptors (Lipinski definition) is 6. The molecule has 1 fully saturated rings. The zero-order valence-electron chi connectivity index (χ0n) is 18.2. The van der Waals surface area contributed by atoms with Gasteiger partial charge in [0.05, 0.1) is 30.0 Å². The molecule has 2 N–H and O–H groups in total. The number of pyridine rings is 1. The van der Waals surface area contributed by atoms with Gasteiger partial charge in [0.25, 0.3) is 5.91 Å². The Labute approximate surface area is 197 Å². The third kappa shape index (κ3) is 4.59. The van der Waals surface area contributed by atoms with Gasteiger partial charge in [0.1, 0.15) is 5.75 Å². The Kier molecular flexibility index (Phi) is 6.04. The number of nitrogens with one attached hydrogen (secondary N) is 2. The highest BCUT2D eigenvalue weighted by molar-refractivity contribution is 8.00. The smallest absolute Gasteiger partial charge is 0.253 e. The number of methoxy groups -OCH3 is 1. The van der Waals surface area contributed by atoms with Crippen LogP contribution in [0.15, 0.2) is 90.0 Å². The molecule has 166 valence electrons. The maximum absolute atomic E-state index is 12.8. The molecule has 1 aliphatic rings. The molecule has 0 bridgehead atoms. The third-order valence-electron chi connectivity index (χ3n) is 5.65. The van der Waals surface area contributed by atoms with E-state index in [1.165, 1.54) is 11.9 Å². The maximum Gasteiger partial charge on any atom is 0.253 e. The van der Waals surface area contributed by atoms with Gasteiger partial charge in [-0.2, -0.15) is 0 Å². The summed E-state index contributed by atoms with van der Waals surface area (Å²) in [5, 5.41) is 4.55. The van der Waals surface area contributed by atoms with E-state index in [1.807, 2.05) is 83.8 Å². The molecule has 7 heteroatoms. The quantitative estimate of drug-likeness (QED) is 0.368. The zero-order chi connectivity index (χ0) is 22.6. The fraction of sp³-hybridized carbons (Fsp3) is 0.154. The van der Waals surface area contributed by atoms with E-state index in [-0.39, 0.29) is 11.9 Å². The molecular weight excluding hydrogens is 432 g/mol. The lowest BCUT2D eigenvalue weighted by Crippen LogP contribution is -2.57. The first kappa shape index (κ1) is 21.2. The number of rotatable bonds is 7. The molecule has 2 heterocycles. The fourth-order valence-corrected chi connectivity index (χ4v) is 4.53. The number of anilines is 2. The highest BCUT2D eigenvalue weighted by Gasteiger charge is 2.31. The van der Waals surface area contributed by atoms with Gasteiger partial charge in [-0.3, -0.25) is 9.78 Å². The Balaban J connectivity index is 1.16. The highest BCUT2D eigenvalue weighted by Crippen LogP contribution is 2.28. The van der Waals surface area contributed by atoms with Crippen LogP contribution in [0, 0.1) is 0 Å². The molecule has 1 saturated heterocycles. The number of ether oxygens (including phenoxy) is 1. The molecule has 3 aromatic carbocycles. The Hall–Kier alpha value is -3.71. The number of nitrogens with zero attached hydrogens (tertiary/aromatic N) is 2. The van der Waals surface area contributed by atoms with Gasteiger partial charge in [-0.1, -0.05) is 30.3 Å². The first-order chi connectivity index (χ1) is 16.2. The van der Waals surface area contributed by atoms with Crippen molar-refractivity contribution in [2.45, 2.75) is 10.9 Å². The first-order valence-electron chi connectivity index (χ1n) is 10.8. The van der Waals surface area contributed by atoms with Gasteiger partial charge in [0, 0.05) is 35.1 Å². The van der Waals surface area contributed by atoms with Crippen molar-refractivity contribution in [2.24, 2.45) is 0 Å². The van der Waals surface area contributed by atoms with Crippen molar-refractivity contribution in [3.63, 3.8) is 0 Å². The molecule has 5 rings (SSSR count). The summed E-state index contributed by atoms with van der Waals surface area (Å²) in [5.41, 5.74) is 3.55. The predicted molar refractivity (Wildman–Crippen MR) is 134 cm³/mol. The number of amides is 1. The van der Waals surface area contributed by atoms with Gasteiger partial charge in [-0.15, -0.1) is 0 Å². The van der Waals surface area contributed by atoms with E-state index < -0.39 is 0 Å². The Bertz CT molecular complexity index is 1270. The van der Waals surface area contributed by atoms with E-state index in [9.17, 15) is 4.79 Å². The van der Waals surface area contributed by atoms with Gasteiger partial charge in [0.15, 0.2) is 0 Å². The molecule has 1 aromatic heterocycles. The number of carbonyl (C=O) groups is 1. The van der Waals surface area contributed by atoms with E-state index in [0.717, 1.165) is 32.9 Å². The van der Waals surface area contributed by atoms with Crippen LogP contribution in [-0.2, 0) is 0 Å². The summed E-state index contributed by atoms with van der Waals surface area (Å²) in [7, 11) is 1.66. The van der Waals surface area contributed by atoms with Crippen molar-refractivity contribution in [1.29, 1.82) is 0 Å². The summed E-state index contributed by atoms with van der Waals surface area (Å²) < 4.78 is 8.76. The van der Waals surface area contributed by atoms with E-state index in [2.05, 4.69) is 15.0 Å². The van der Waals surface area contributed by atoms with Crippen molar-refractivity contribution in [2.75, 3.05) is 30.2 Å². The molecule has 1 aliphatic heterocycles. The lowest BCUT2D eigenvalue weighted by atomic mass is 10.1. The molecular formula is C26H24N4O2S. The van der Waals surface area contributed by atoms with Crippen LogP contribution in [0.1, 0.15) is 10.4 Å². The summed E-state index contributed by atoms with van der Waals surface area (Å²) >= 11 is 1.51. The number of fused-ring (bicyclic) bond motifs is 1. The molecule has 33 heavy (non-hydrogen) atoms. The minimum absolute atomic E-state index is 0.0517. The van der Waals surface area contributed by atoms with Crippen molar-refractivity contribution >= 4 is 40.1 Å². The lowest BCUT2D eigenvalue weighted by molar-refractivity contribution is 0.0625. The second-order valence-corrected chi connectivity index (χ2v) is 8.74. The van der Waals surface area contributed by atoms with E-state index in [0.29, 0.717) is 18.7 Å². The van der Waals surface area contributed by atoms with Crippen LogP contribution in [0.3, 0.4) is 0 Å². The number of para-hydroxylation sites is 3. The van der Waals surface area contributed by atoms with Gasteiger partial charge in [0.2, 0.25) is 0 Å². The Morgan fingerprint density at radius 1 is 0.970 bits per heavy atom. The topological polar surface area (TPSA) is 66.5 Å². The molecule has 4 aromatic rings. The maximum atomic E-state index is 12.8. The van der Waals surface area contributed by atoms with Crippen molar-refractivity contribution in [3.8, 4) is 5.75 Å². The molecule has 0 aliphatic carbocycles. The largest absolute Gasteiger partial charge is 0.495 e. The average Bonchev–Trinajstić information content (AvgIpc) is 2.85. The van der Waals surface area contributed by atoms with Crippen LogP contribution >= 0.6 is 11.9 Å². The van der Waals surface area contributed by atoms with Crippen molar-refractivity contribution < 1.29 is 9.53 Å². The van der Waals surface area contributed by atoms with Crippen LogP contribution < -0.4 is 14.8 Å². The molecule has 0 unspecified atom stereocenters. The number of benzene rings is 3. The molecule has 0 spiro atoms. The van der Waals surface area contributed by atoms with Crippen LogP contribution in [0.5, 0.6) is 5.75 Å². The zero-order valence-corrected chi connectivity index (χ0v) is 19.0. The van der Waals surface area contributed by atoms with Crippen LogP contribution in [0.4, 0.5) is 11.4 Å². The number of aromatic nitrogens is 1. The minimum Gasteiger partial charge on any atom is -0.495 e. The molecule has 6 nitrogen and oxygen atoms in total. The Morgan fingerprint density at radius 3 is 2.55 bits per heavy atom. The molecule has 0 radical (unpaired) electrons. The third-order valence-corrected chi connectivity index (χ3v) is 6.48. The molecule has 1 amide bonds. The highest BCUT2D eigenvalue weighted by atomic mass is 32.2. The summed E-state index contributed by atoms with van der Waals surface area (Å²) in [6, 6.07) is 25.8. The van der Waals surface area contributed by atoms with Crippen LogP contribution in [0.2, 0.25) is 0 Å². The second-order valence-electron chi connectivity index (χ2n) is 7.86. The molecule has 0 atom stereocenters. The van der Waals surface area contributed by atoms with E-state index in [1.54, 1.807) is 13.3 Å². The van der Waals surface area contributed by atoms with Gasteiger partial charge < -0.3 is 19.7 Å². The van der Waals surface area contributed by atoms with Crippen molar-refractivity contribution in [3.05, 3.63) is 90.6 Å². The SMILES string of the molecule is COc1ccccc1NC1CN(C(=O)c2ccc(SNc3cccc4cccnc34)cc2)C1. The van der Waals surface area contributed by atoms with Gasteiger partial charge in [-0.05, 0) is 60.5 Å². The summed E-state index contributed by atoms with van der Waals surface area (Å²) in [6.45, 7) is 1.34. The van der Waals surface area contributed by atoms with E-state index in [4.69, 9.17) is 4.74 Å². The second kappa shape index (κ2) is 9.42. The summed E-state index contributed by atoms with van der Waals surface area (Å²) in [4.78, 5) is 20.2. The van der Waals surface area contributed by atoms with Crippen LogP contribution in [0.25, 0.3) is 10.9 Å². The van der Waals surface area contributed by atoms with Crippen LogP contribution in [-0.4, -0.2) is 42.0 Å². The predicted octanol–water partition coefficient (Wildman–Crippen LogP) is 5.30. The Morgan fingerprint density at radius 2 is 1.73 bits per heavy atom. The molecule has 0 saturated carbocycles. The first-order valence-corrected chi connectivity index (χ1v) is 11.6. The van der Waals surface area contributed by atoms with Crippen molar-refractivity contribution in [1.82, 2.24) is 9.88 Å². The number of hydrogen-bond donors (Lipinski definition) is 2. The standard InChI is InChI=1S/C26H24N4O2S/c1-32-24-10-3-2-8-22(24)28-20-16-30(17-20)26(31)19-11-13-21(14-12-19)33-29-23-9-4-6-18-7-5-15-27-25(18)23/h2-15,20,28-29H,16-17H2,1H3. The average molecular weight is 457 g/mol. The summed E-state index contributed by atoms with van der Waals surface area (Å²) in [6.07, 6.45) is 1.80. The monoisotopic (exact) mass is 456 g/mol. The lowest BCUT2D eigenvalue weighted by Gasteiger charge is -2.40. The summed E-state index contributed by atoms with van der Waals surface area (Å²) in [5.74, 6) is 0.860. The number of likely N-dealkylation sites (tertiary alicyclic amines) is 1. The number of carbonyl (C=O) groups excluding carboxylic acids is 1.